The quantitative estimate of drug-likeness (QED) is 0.883. The molecule has 0 amide bonds. The van der Waals surface area contributed by atoms with Crippen LogP contribution in [-0.4, -0.2) is 6.54 Å². The summed E-state index contributed by atoms with van der Waals surface area (Å²) >= 11 is 5.58. The van der Waals surface area contributed by atoms with Crippen LogP contribution in [0.1, 0.15) is 18.2 Å². The van der Waals surface area contributed by atoms with E-state index in [1.54, 1.807) is 12.1 Å². The summed E-state index contributed by atoms with van der Waals surface area (Å²) in [6.07, 6.45) is -4.48. The Morgan fingerprint density at radius 2 is 1.95 bits per heavy atom. The molecule has 0 bridgehead atoms. The van der Waals surface area contributed by atoms with Gasteiger partial charge < -0.3 is 9.73 Å². The highest BCUT2D eigenvalue weighted by atomic mass is 35.5. The second-order valence-electron chi connectivity index (χ2n) is 4.24. The van der Waals surface area contributed by atoms with Crippen LogP contribution >= 0.6 is 11.6 Å². The molecule has 0 atom stereocenters. The molecule has 2 aromatic rings. The van der Waals surface area contributed by atoms with Crippen molar-refractivity contribution >= 4 is 11.6 Å². The van der Waals surface area contributed by atoms with Crippen molar-refractivity contribution in [3.05, 3.63) is 46.7 Å². The van der Waals surface area contributed by atoms with E-state index < -0.39 is 11.7 Å². The van der Waals surface area contributed by atoms with Crippen molar-refractivity contribution in [3.63, 3.8) is 0 Å². The zero-order valence-electron chi connectivity index (χ0n) is 10.7. The molecule has 0 saturated carbocycles. The van der Waals surface area contributed by atoms with Gasteiger partial charge in [-0.2, -0.15) is 13.2 Å². The van der Waals surface area contributed by atoms with Crippen LogP contribution in [0.2, 0.25) is 5.02 Å². The summed E-state index contributed by atoms with van der Waals surface area (Å²) < 4.78 is 43.9. The van der Waals surface area contributed by atoms with Crippen molar-refractivity contribution < 1.29 is 17.6 Å². The predicted octanol–water partition coefficient (Wildman–Crippen LogP) is 4.73. The fourth-order valence-electron chi connectivity index (χ4n) is 1.77. The van der Waals surface area contributed by atoms with Crippen molar-refractivity contribution in [1.29, 1.82) is 0 Å². The van der Waals surface area contributed by atoms with Gasteiger partial charge in [0.25, 0.3) is 0 Å². The van der Waals surface area contributed by atoms with Crippen molar-refractivity contribution in [2.24, 2.45) is 0 Å². The molecule has 0 radical (unpaired) electrons. The number of benzene rings is 1. The van der Waals surface area contributed by atoms with Crippen LogP contribution in [0.15, 0.2) is 34.7 Å². The number of furan rings is 1. The van der Waals surface area contributed by atoms with Crippen LogP contribution in [0.5, 0.6) is 0 Å². The van der Waals surface area contributed by atoms with E-state index in [9.17, 15) is 13.2 Å². The lowest BCUT2D eigenvalue weighted by atomic mass is 10.1. The Morgan fingerprint density at radius 3 is 2.60 bits per heavy atom. The first-order valence-corrected chi connectivity index (χ1v) is 6.46. The van der Waals surface area contributed by atoms with Crippen LogP contribution in [0, 0.1) is 0 Å². The van der Waals surface area contributed by atoms with E-state index in [0.29, 0.717) is 23.6 Å². The lowest BCUT2D eigenvalue weighted by Gasteiger charge is -2.09. The topological polar surface area (TPSA) is 25.2 Å². The van der Waals surface area contributed by atoms with Crippen LogP contribution in [0.3, 0.4) is 0 Å². The molecular formula is C14H13ClF3NO. The Kier molecular flexibility index (Phi) is 4.40. The van der Waals surface area contributed by atoms with Gasteiger partial charge in [0.15, 0.2) is 0 Å². The molecule has 0 aliphatic carbocycles. The number of hydrogen-bond donors (Lipinski definition) is 1. The highest BCUT2D eigenvalue weighted by molar-refractivity contribution is 6.31. The van der Waals surface area contributed by atoms with E-state index in [-0.39, 0.29) is 5.02 Å². The second kappa shape index (κ2) is 5.89. The van der Waals surface area contributed by atoms with Gasteiger partial charge in [-0.05, 0) is 36.9 Å². The van der Waals surface area contributed by atoms with Gasteiger partial charge in [0.2, 0.25) is 0 Å². The van der Waals surface area contributed by atoms with Crippen molar-refractivity contribution in [2.75, 3.05) is 6.54 Å². The highest BCUT2D eigenvalue weighted by Crippen LogP contribution is 2.37. The van der Waals surface area contributed by atoms with Crippen molar-refractivity contribution in [3.8, 4) is 11.3 Å². The Hall–Kier alpha value is -1.46. The average molecular weight is 304 g/mol. The molecule has 2 nitrogen and oxygen atoms in total. The first kappa shape index (κ1) is 14.9. The molecule has 1 N–H and O–H groups in total. The molecule has 0 aliphatic heterocycles. The molecule has 6 heteroatoms. The molecule has 2 rings (SSSR count). The van der Waals surface area contributed by atoms with Gasteiger partial charge in [0.1, 0.15) is 11.5 Å². The van der Waals surface area contributed by atoms with Crippen LogP contribution in [-0.2, 0) is 12.7 Å². The minimum absolute atomic E-state index is 0.319. The van der Waals surface area contributed by atoms with Crippen LogP contribution < -0.4 is 5.32 Å². The molecule has 0 aliphatic rings. The molecule has 1 heterocycles. The summed E-state index contributed by atoms with van der Waals surface area (Å²) in [4.78, 5) is 0. The third-order valence-corrected chi connectivity index (χ3v) is 3.10. The zero-order chi connectivity index (χ0) is 14.8. The average Bonchev–Trinajstić information content (AvgIpc) is 2.84. The molecule has 0 fully saturated rings. The van der Waals surface area contributed by atoms with Gasteiger partial charge in [-0.25, -0.2) is 0 Å². The third kappa shape index (κ3) is 3.35. The number of alkyl halides is 3. The van der Waals surface area contributed by atoms with E-state index in [1.165, 1.54) is 12.1 Å². The number of rotatable bonds is 4. The molecular weight excluding hydrogens is 291 g/mol. The van der Waals surface area contributed by atoms with Crippen molar-refractivity contribution in [1.82, 2.24) is 5.32 Å². The van der Waals surface area contributed by atoms with Gasteiger partial charge >= 0.3 is 6.18 Å². The van der Waals surface area contributed by atoms with Gasteiger partial charge in [-0.1, -0.05) is 18.5 Å². The van der Waals surface area contributed by atoms with Gasteiger partial charge in [-0.15, -0.1) is 0 Å². The number of halogens is 4. The first-order valence-electron chi connectivity index (χ1n) is 6.08. The summed E-state index contributed by atoms with van der Waals surface area (Å²) in [5.41, 5.74) is -0.509. The highest BCUT2D eigenvalue weighted by Gasteiger charge is 2.33. The van der Waals surface area contributed by atoms with Gasteiger partial charge in [-0.3, -0.25) is 0 Å². The monoisotopic (exact) mass is 303 g/mol. The van der Waals surface area contributed by atoms with E-state index >= 15 is 0 Å². The summed E-state index contributed by atoms with van der Waals surface area (Å²) in [6.45, 7) is 3.28. The Bertz CT molecular complexity index is 592. The normalized spacial score (nSPS) is 11.8. The smallest absolute Gasteiger partial charge is 0.417 e. The summed E-state index contributed by atoms with van der Waals surface area (Å²) in [5.74, 6) is 1.06. The number of hydrogen-bond acceptors (Lipinski definition) is 2. The van der Waals surface area contributed by atoms with Crippen molar-refractivity contribution in [2.45, 2.75) is 19.6 Å². The fourth-order valence-corrected chi connectivity index (χ4v) is 2.00. The Labute approximate surface area is 119 Å². The number of nitrogens with one attached hydrogen (secondary N) is 1. The third-order valence-electron chi connectivity index (χ3n) is 2.77. The maximum Gasteiger partial charge on any atom is 0.417 e. The molecule has 20 heavy (non-hydrogen) atoms. The fraction of sp³-hybridized carbons (Fsp3) is 0.286. The second-order valence-corrected chi connectivity index (χ2v) is 4.65. The maximum atomic E-state index is 12.8. The molecule has 1 aromatic carbocycles. The lowest BCUT2D eigenvalue weighted by Crippen LogP contribution is -2.10. The predicted molar refractivity (Wildman–Crippen MR) is 71.5 cm³/mol. The van der Waals surface area contributed by atoms with E-state index in [2.05, 4.69) is 5.32 Å². The molecule has 108 valence electrons. The van der Waals surface area contributed by atoms with E-state index in [4.69, 9.17) is 16.0 Å². The van der Waals surface area contributed by atoms with E-state index in [0.717, 1.165) is 12.6 Å². The van der Waals surface area contributed by atoms with Crippen LogP contribution in [0.25, 0.3) is 11.3 Å². The van der Waals surface area contributed by atoms with E-state index in [1.807, 2.05) is 6.92 Å². The molecule has 1 aromatic heterocycles. The lowest BCUT2D eigenvalue weighted by molar-refractivity contribution is -0.137. The standard InChI is InChI=1S/C14H13ClF3NO/c1-2-19-8-10-4-6-13(20-10)9-3-5-12(15)11(7-9)14(16,17)18/h3-7,19H,2,8H2,1H3. The Balaban J connectivity index is 2.31. The van der Waals surface area contributed by atoms with Gasteiger partial charge in [0, 0.05) is 5.56 Å². The Morgan fingerprint density at radius 1 is 1.20 bits per heavy atom. The van der Waals surface area contributed by atoms with Gasteiger partial charge in [0.05, 0.1) is 17.1 Å². The summed E-state index contributed by atoms with van der Waals surface area (Å²) in [7, 11) is 0. The van der Waals surface area contributed by atoms with Crippen LogP contribution in [0.4, 0.5) is 13.2 Å². The largest absolute Gasteiger partial charge is 0.460 e. The maximum absolute atomic E-state index is 12.8. The SMILES string of the molecule is CCNCc1ccc(-c2ccc(Cl)c(C(F)(F)F)c2)o1. The molecule has 0 spiro atoms. The zero-order valence-corrected chi connectivity index (χ0v) is 11.5. The summed E-state index contributed by atoms with van der Waals surface area (Å²) in [5, 5.41) is 2.76. The minimum Gasteiger partial charge on any atom is -0.460 e. The summed E-state index contributed by atoms with van der Waals surface area (Å²) in [6, 6.07) is 7.12. The first-order chi connectivity index (χ1) is 9.41. The molecule has 0 saturated heterocycles. The molecule has 0 unspecified atom stereocenters. The minimum atomic E-state index is -4.48.